The minimum atomic E-state index is -3.94. The molecule has 0 saturated carbocycles. The Morgan fingerprint density at radius 3 is 2.61 bits per heavy atom. The fraction of sp³-hybridized carbons (Fsp3) is 0.400. The Morgan fingerprint density at radius 2 is 2.11 bits per heavy atom. The van der Waals surface area contributed by atoms with Gasteiger partial charge in [0.25, 0.3) is 10.0 Å². The molecule has 0 aliphatic rings. The highest BCUT2D eigenvalue weighted by atomic mass is 35.5. The van der Waals surface area contributed by atoms with Crippen molar-refractivity contribution in [3.05, 3.63) is 29.8 Å². The quantitative estimate of drug-likeness (QED) is 0.796. The molecule has 0 bridgehead atoms. The standard InChI is InChI=1S/C10H15FN2O3S.ClH/c1-12-7-10(14)8-4-3-5-9(6-8)13(11)17(2,15)16;/h3-6,10,12,14H,7H2,1-2H3;1H. The third-order valence-electron chi connectivity index (χ3n) is 2.15. The van der Waals surface area contributed by atoms with Crippen LogP contribution in [0, 0.1) is 0 Å². The maximum absolute atomic E-state index is 13.4. The van der Waals surface area contributed by atoms with E-state index in [0.29, 0.717) is 12.1 Å². The summed E-state index contributed by atoms with van der Waals surface area (Å²) in [7, 11) is -2.27. The van der Waals surface area contributed by atoms with Crippen LogP contribution in [0.25, 0.3) is 0 Å². The molecule has 5 nitrogen and oxygen atoms in total. The Morgan fingerprint density at radius 1 is 1.50 bits per heavy atom. The van der Waals surface area contributed by atoms with Crippen LogP contribution in [0.3, 0.4) is 0 Å². The molecule has 0 amide bonds. The lowest BCUT2D eigenvalue weighted by atomic mass is 10.1. The van der Waals surface area contributed by atoms with Crippen LogP contribution in [0.2, 0.25) is 0 Å². The van der Waals surface area contributed by atoms with E-state index in [2.05, 4.69) is 5.32 Å². The number of anilines is 1. The zero-order chi connectivity index (χ0) is 13.1. The molecule has 0 saturated heterocycles. The lowest BCUT2D eigenvalue weighted by Crippen LogP contribution is -2.21. The molecule has 104 valence electrons. The molecular formula is C10H16ClFN2O3S. The highest BCUT2D eigenvalue weighted by Crippen LogP contribution is 2.22. The van der Waals surface area contributed by atoms with Gasteiger partial charge in [-0.3, -0.25) is 0 Å². The van der Waals surface area contributed by atoms with Gasteiger partial charge in [0, 0.05) is 6.54 Å². The number of likely N-dealkylation sites (N-methyl/N-ethyl adjacent to an activating group) is 1. The van der Waals surface area contributed by atoms with Crippen molar-refractivity contribution in [2.24, 2.45) is 0 Å². The van der Waals surface area contributed by atoms with Gasteiger partial charge in [0.15, 0.2) is 0 Å². The van der Waals surface area contributed by atoms with Crippen molar-refractivity contribution in [3.8, 4) is 0 Å². The SMILES string of the molecule is CNCC(O)c1cccc(N(F)S(C)(=O)=O)c1.Cl. The van der Waals surface area contributed by atoms with Gasteiger partial charge in [-0.1, -0.05) is 16.6 Å². The smallest absolute Gasteiger partial charge is 0.258 e. The number of aliphatic hydroxyl groups excluding tert-OH is 1. The minimum absolute atomic E-state index is 0. The van der Waals surface area contributed by atoms with Crippen LogP contribution in [0.15, 0.2) is 24.3 Å². The Balaban J connectivity index is 0.00000289. The highest BCUT2D eigenvalue weighted by molar-refractivity contribution is 7.91. The van der Waals surface area contributed by atoms with Gasteiger partial charge < -0.3 is 10.4 Å². The van der Waals surface area contributed by atoms with E-state index in [0.717, 1.165) is 6.26 Å². The van der Waals surface area contributed by atoms with Gasteiger partial charge in [-0.2, -0.15) is 0 Å². The van der Waals surface area contributed by atoms with Crippen LogP contribution >= 0.6 is 12.4 Å². The number of halogens is 2. The number of nitrogens with one attached hydrogen (secondary N) is 1. The summed E-state index contributed by atoms with van der Waals surface area (Å²) in [4.78, 5) is 0. The zero-order valence-electron chi connectivity index (χ0n) is 10.00. The van der Waals surface area contributed by atoms with Gasteiger partial charge >= 0.3 is 0 Å². The monoisotopic (exact) mass is 298 g/mol. The van der Waals surface area contributed by atoms with Crippen LogP contribution in [0.1, 0.15) is 11.7 Å². The lowest BCUT2D eigenvalue weighted by Gasteiger charge is -2.14. The third kappa shape index (κ3) is 4.41. The van der Waals surface area contributed by atoms with Gasteiger partial charge in [0.1, 0.15) is 0 Å². The Bertz CT molecular complexity index is 484. The predicted molar refractivity (Wildman–Crippen MR) is 71.0 cm³/mol. The number of hydrogen-bond donors (Lipinski definition) is 2. The van der Waals surface area contributed by atoms with E-state index in [9.17, 15) is 18.0 Å². The third-order valence-corrected chi connectivity index (χ3v) is 2.94. The number of rotatable bonds is 5. The average molecular weight is 299 g/mol. The van der Waals surface area contributed by atoms with E-state index in [1.807, 2.05) is 0 Å². The summed E-state index contributed by atoms with van der Waals surface area (Å²) in [6.07, 6.45) is -0.0446. The number of nitrogens with zero attached hydrogens (tertiary/aromatic N) is 1. The maximum Gasteiger partial charge on any atom is 0.258 e. The molecule has 1 rings (SSSR count). The summed E-state index contributed by atoms with van der Waals surface area (Å²) in [6.45, 7) is 0.300. The van der Waals surface area contributed by atoms with Crippen molar-refractivity contribution >= 4 is 28.1 Å². The fourth-order valence-electron chi connectivity index (χ4n) is 1.34. The first-order valence-corrected chi connectivity index (χ1v) is 6.80. The molecule has 0 aliphatic heterocycles. The van der Waals surface area contributed by atoms with Crippen LogP contribution < -0.4 is 9.84 Å². The normalized spacial score (nSPS) is 12.7. The molecular weight excluding hydrogens is 283 g/mol. The molecule has 0 spiro atoms. The van der Waals surface area contributed by atoms with Crippen LogP contribution in [0.5, 0.6) is 0 Å². The molecule has 2 N–H and O–H groups in total. The van der Waals surface area contributed by atoms with Crippen molar-refractivity contribution in [1.82, 2.24) is 5.32 Å². The molecule has 1 atom stereocenters. The Hall–Kier alpha value is -0.890. The van der Waals surface area contributed by atoms with Crippen LogP contribution in [-0.2, 0) is 10.0 Å². The van der Waals surface area contributed by atoms with Gasteiger partial charge in [-0.05, 0) is 24.7 Å². The lowest BCUT2D eigenvalue weighted by molar-refractivity contribution is 0.178. The van der Waals surface area contributed by atoms with Gasteiger partial charge in [0.05, 0.1) is 18.0 Å². The molecule has 0 radical (unpaired) electrons. The topological polar surface area (TPSA) is 69.6 Å². The summed E-state index contributed by atoms with van der Waals surface area (Å²) in [5, 5.41) is 12.4. The van der Waals surface area contributed by atoms with Gasteiger partial charge in [-0.15, -0.1) is 16.9 Å². The highest BCUT2D eigenvalue weighted by Gasteiger charge is 2.18. The average Bonchev–Trinajstić information content (AvgIpc) is 2.27. The summed E-state index contributed by atoms with van der Waals surface area (Å²) in [5.41, 5.74) is 0.323. The van der Waals surface area contributed by atoms with E-state index >= 15 is 0 Å². The molecule has 1 unspecified atom stereocenters. The molecule has 0 aromatic heterocycles. The van der Waals surface area contributed by atoms with E-state index in [-0.39, 0.29) is 22.6 Å². The summed E-state index contributed by atoms with van der Waals surface area (Å²) in [5.74, 6) is 0. The molecule has 0 fully saturated rings. The maximum atomic E-state index is 13.4. The first-order valence-electron chi connectivity index (χ1n) is 4.95. The van der Waals surface area contributed by atoms with E-state index in [1.165, 1.54) is 18.2 Å². The zero-order valence-corrected chi connectivity index (χ0v) is 11.6. The van der Waals surface area contributed by atoms with Crippen molar-refractivity contribution < 1.29 is 18.0 Å². The molecule has 8 heteroatoms. The molecule has 0 aliphatic carbocycles. The Labute approximate surface area is 112 Å². The van der Waals surface area contributed by atoms with Crippen molar-refractivity contribution in [3.63, 3.8) is 0 Å². The first kappa shape index (κ1) is 17.1. The fourth-order valence-corrected chi connectivity index (χ4v) is 1.84. The van der Waals surface area contributed by atoms with Crippen molar-refractivity contribution in [2.75, 3.05) is 24.4 Å². The van der Waals surface area contributed by atoms with Crippen LogP contribution in [0.4, 0.5) is 10.2 Å². The Kier molecular flexibility index (Phi) is 6.55. The summed E-state index contributed by atoms with van der Waals surface area (Å²) in [6, 6.07) is 5.70. The second-order valence-electron chi connectivity index (χ2n) is 3.65. The summed E-state index contributed by atoms with van der Waals surface area (Å²) < 4.78 is 35.1. The molecule has 0 heterocycles. The second kappa shape index (κ2) is 6.89. The van der Waals surface area contributed by atoms with Gasteiger partial charge in [0.2, 0.25) is 0 Å². The van der Waals surface area contributed by atoms with Crippen LogP contribution in [-0.4, -0.2) is 33.4 Å². The number of benzene rings is 1. The van der Waals surface area contributed by atoms with E-state index < -0.39 is 16.1 Å². The molecule has 18 heavy (non-hydrogen) atoms. The summed E-state index contributed by atoms with van der Waals surface area (Å²) >= 11 is 0. The number of hydrogen-bond acceptors (Lipinski definition) is 4. The molecule has 1 aromatic carbocycles. The molecule has 1 aromatic rings. The number of sulfonamides is 1. The van der Waals surface area contributed by atoms with E-state index in [4.69, 9.17) is 0 Å². The largest absolute Gasteiger partial charge is 0.387 e. The second-order valence-corrected chi connectivity index (χ2v) is 5.43. The predicted octanol–water partition coefficient (Wildman–Crippen LogP) is 1.01. The van der Waals surface area contributed by atoms with Crippen molar-refractivity contribution in [2.45, 2.75) is 6.10 Å². The minimum Gasteiger partial charge on any atom is -0.387 e. The number of aliphatic hydroxyl groups is 1. The van der Waals surface area contributed by atoms with Gasteiger partial charge in [-0.25, -0.2) is 8.42 Å². The first-order chi connectivity index (χ1) is 7.86. The van der Waals surface area contributed by atoms with Crippen molar-refractivity contribution in [1.29, 1.82) is 0 Å². The van der Waals surface area contributed by atoms with E-state index in [1.54, 1.807) is 13.1 Å².